The summed E-state index contributed by atoms with van der Waals surface area (Å²) < 4.78 is 24.6. The molecule has 0 radical (unpaired) electrons. The van der Waals surface area contributed by atoms with Gasteiger partial charge in [0, 0.05) is 31.4 Å². The van der Waals surface area contributed by atoms with Gasteiger partial charge >= 0.3 is 0 Å². The van der Waals surface area contributed by atoms with E-state index in [0.717, 1.165) is 38.2 Å². The molecule has 0 bridgehead atoms. The molecule has 3 N–H and O–H groups in total. The van der Waals surface area contributed by atoms with E-state index in [2.05, 4.69) is 12.2 Å². The number of hydrogen-bond donors (Lipinski definition) is 2. The van der Waals surface area contributed by atoms with Crippen LogP contribution in [0.5, 0.6) is 5.75 Å². The smallest absolute Gasteiger partial charge is 0.167 e. The Hall–Kier alpha value is -1.49. The van der Waals surface area contributed by atoms with Gasteiger partial charge in [0.05, 0.1) is 18.0 Å². The van der Waals surface area contributed by atoms with Crippen LogP contribution in [-0.4, -0.2) is 25.9 Å². The molecule has 5 heteroatoms. The van der Waals surface area contributed by atoms with Gasteiger partial charge in [-0.05, 0) is 32.1 Å². The first-order valence-electron chi connectivity index (χ1n) is 7.68. The second kappa shape index (κ2) is 7.50. The Labute approximate surface area is 125 Å². The normalized spacial score (nSPS) is 17.5. The standard InChI is InChI=1S/C16H25FN2O2/c1-3-6-21-16-10-15(14(18)9-13(16)17)19-11(2)12-4-7-20-8-5-12/h9-12,19H,3-8,18H2,1-2H3. The molecule has 1 unspecified atom stereocenters. The van der Waals surface area contributed by atoms with Crippen LogP contribution in [0.4, 0.5) is 15.8 Å². The molecule has 1 aromatic rings. The van der Waals surface area contributed by atoms with Gasteiger partial charge < -0.3 is 20.5 Å². The Bertz CT molecular complexity index is 462. The number of hydrogen-bond acceptors (Lipinski definition) is 4. The predicted molar refractivity (Wildman–Crippen MR) is 83.2 cm³/mol. The van der Waals surface area contributed by atoms with Crippen molar-refractivity contribution in [3.05, 3.63) is 17.9 Å². The molecule has 0 amide bonds. The number of halogens is 1. The first-order chi connectivity index (χ1) is 10.1. The van der Waals surface area contributed by atoms with Gasteiger partial charge in [-0.25, -0.2) is 4.39 Å². The molecule has 1 aliphatic rings. The van der Waals surface area contributed by atoms with E-state index in [-0.39, 0.29) is 11.8 Å². The van der Waals surface area contributed by atoms with Crippen LogP contribution in [0.2, 0.25) is 0 Å². The van der Waals surface area contributed by atoms with E-state index in [9.17, 15) is 4.39 Å². The largest absolute Gasteiger partial charge is 0.490 e. The van der Waals surface area contributed by atoms with E-state index in [1.165, 1.54) is 6.07 Å². The number of nitrogen functional groups attached to an aromatic ring is 1. The van der Waals surface area contributed by atoms with E-state index < -0.39 is 5.82 Å². The van der Waals surface area contributed by atoms with E-state index in [1.807, 2.05) is 6.92 Å². The molecule has 0 saturated carbocycles. The van der Waals surface area contributed by atoms with Gasteiger partial charge in [0.25, 0.3) is 0 Å². The Morgan fingerprint density at radius 3 is 2.81 bits per heavy atom. The fraction of sp³-hybridized carbons (Fsp3) is 0.625. The molecule has 4 nitrogen and oxygen atoms in total. The van der Waals surface area contributed by atoms with Crippen LogP contribution in [0.3, 0.4) is 0 Å². The zero-order chi connectivity index (χ0) is 15.2. The van der Waals surface area contributed by atoms with Crippen LogP contribution in [0, 0.1) is 11.7 Å². The number of ether oxygens (including phenoxy) is 2. The maximum absolute atomic E-state index is 13.8. The van der Waals surface area contributed by atoms with Crippen molar-refractivity contribution in [3.8, 4) is 5.75 Å². The molecule has 2 rings (SSSR count). The Kier molecular flexibility index (Phi) is 5.67. The van der Waals surface area contributed by atoms with E-state index >= 15 is 0 Å². The molecule has 1 aromatic carbocycles. The summed E-state index contributed by atoms with van der Waals surface area (Å²) in [7, 11) is 0. The van der Waals surface area contributed by atoms with Crippen LogP contribution in [-0.2, 0) is 4.74 Å². The first kappa shape index (κ1) is 15.9. The Balaban J connectivity index is 2.07. The third-order valence-corrected chi connectivity index (χ3v) is 3.92. The van der Waals surface area contributed by atoms with Gasteiger partial charge in [-0.3, -0.25) is 0 Å². The van der Waals surface area contributed by atoms with Crippen molar-refractivity contribution in [2.24, 2.45) is 5.92 Å². The fourth-order valence-electron chi connectivity index (χ4n) is 2.60. The van der Waals surface area contributed by atoms with Gasteiger partial charge in [0.1, 0.15) is 0 Å². The van der Waals surface area contributed by atoms with Crippen molar-refractivity contribution in [3.63, 3.8) is 0 Å². The maximum atomic E-state index is 13.8. The summed E-state index contributed by atoms with van der Waals surface area (Å²) in [5.74, 6) is 0.390. The van der Waals surface area contributed by atoms with E-state index in [1.54, 1.807) is 6.07 Å². The minimum absolute atomic E-state index is 0.257. The van der Waals surface area contributed by atoms with Crippen LogP contribution in [0.25, 0.3) is 0 Å². The van der Waals surface area contributed by atoms with Crippen molar-refractivity contribution in [1.82, 2.24) is 0 Å². The van der Waals surface area contributed by atoms with Gasteiger partial charge in [-0.15, -0.1) is 0 Å². The predicted octanol–water partition coefficient (Wildman–Crippen LogP) is 3.42. The van der Waals surface area contributed by atoms with Gasteiger partial charge in [0.15, 0.2) is 11.6 Å². The molecule has 1 aliphatic heterocycles. The highest BCUT2D eigenvalue weighted by Crippen LogP contribution is 2.30. The number of anilines is 2. The van der Waals surface area contributed by atoms with E-state index in [4.69, 9.17) is 15.2 Å². The summed E-state index contributed by atoms with van der Waals surface area (Å²) in [4.78, 5) is 0. The summed E-state index contributed by atoms with van der Waals surface area (Å²) in [6, 6.07) is 3.25. The zero-order valence-electron chi connectivity index (χ0n) is 12.8. The minimum Gasteiger partial charge on any atom is -0.490 e. The second-order valence-corrected chi connectivity index (χ2v) is 5.60. The Morgan fingerprint density at radius 2 is 2.14 bits per heavy atom. The SMILES string of the molecule is CCCOc1cc(NC(C)C2CCOCC2)c(N)cc1F. The lowest BCUT2D eigenvalue weighted by Crippen LogP contribution is -2.31. The molecule has 21 heavy (non-hydrogen) atoms. The molecule has 0 spiro atoms. The lowest BCUT2D eigenvalue weighted by Gasteiger charge is -2.29. The lowest BCUT2D eigenvalue weighted by molar-refractivity contribution is 0.0622. The summed E-state index contributed by atoms with van der Waals surface area (Å²) in [5.41, 5.74) is 7.06. The molecule has 1 atom stereocenters. The van der Waals surface area contributed by atoms with Crippen LogP contribution < -0.4 is 15.8 Å². The maximum Gasteiger partial charge on any atom is 0.167 e. The van der Waals surface area contributed by atoms with Crippen LogP contribution >= 0.6 is 0 Å². The van der Waals surface area contributed by atoms with E-state index in [0.29, 0.717) is 18.2 Å². The highest BCUT2D eigenvalue weighted by Gasteiger charge is 2.21. The van der Waals surface area contributed by atoms with Gasteiger partial charge in [0.2, 0.25) is 0 Å². The minimum atomic E-state index is -0.412. The average Bonchev–Trinajstić information content (AvgIpc) is 2.49. The zero-order valence-corrected chi connectivity index (χ0v) is 12.8. The molecular weight excluding hydrogens is 271 g/mol. The van der Waals surface area contributed by atoms with Crippen molar-refractivity contribution < 1.29 is 13.9 Å². The third-order valence-electron chi connectivity index (χ3n) is 3.92. The molecule has 1 heterocycles. The van der Waals surface area contributed by atoms with Gasteiger partial charge in [-0.2, -0.15) is 0 Å². The molecule has 0 aromatic heterocycles. The Morgan fingerprint density at radius 1 is 1.43 bits per heavy atom. The summed E-state index contributed by atoms with van der Waals surface area (Å²) >= 11 is 0. The number of nitrogens with two attached hydrogens (primary N) is 1. The topological polar surface area (TPSA) is 56.5 Å². The average molecular weight is 296 g/mol. The van der Waals surface area contributed by atoms with Gasteiger partial charge in [-0.1, -0.05) is 6.92 Å². The molecule has 0 aliphatic carbocycles. The van der Waals surface area contributed by atoms with Crippen molar-refractivity contribution in [2.75, 3.05) is 30.9 Å². The molecule has 1 saturated heterocycles. The van der Waals surface area contributed by atoms with Crippen LogP contribution in [0.1, 0.15) is 33.1 Å². The monoisotopic (exact) mass is 296 g/mol. The highest BCUT2D eigenvalue weighted by molar-refractivity contribution is 5.69. The fourth-order valence-corrected chi connectivity index (χ4v) is 2.60. The number of nitrogens with one attached hydrogen (secondary N) is 1. The molecule has 118 valence electrons. The summed E-state index contributed by atoms with van der Waals surface area (Å²) in [5, 5.41) is 3.40. The first-order valence-corrected chi connectivity index (χ1v) is 7.68. The second-order valence-electron chi connectivity index (χ2n) is 5.60. The molecular formula is C16H25FN2O2. The summed E-state index contributed by atoms with van der Waals surface area (Å²) in [6.07, 6.45) is 2.91. The molecule has 1 fully saturated rings. The van der Waals surface area contributed by atoms with Crippen molar-refractivity contribution in [1.29, 1.82) is 0 Å². The quantitative estimate of drug-likeness (QED) is 0.790. The third kappa shape index (κ3) is 4.24. The summed E-state index contributed by atoms with van der Waals surface area (Å²) in [6.45, 7) is 6.23. The number of benzene rings is 1. The lowest BCUT2D eigenvalue weighted by atomic mass is 9.92. The number of rotatable bonds is 6. The van der Waals surface area contributed by atoms with Crippen molar-refractivity contribution in [2.45, 2.75) is 39.2 Å². The van der Waals surface area contributed by atoms with Crippen molar-refractivity contribution >= 4 is 11.4 Å². The highest BCUT2D eigenvalue weighted by atomic mass is 19.1. The van der Waals surface area contributed by atoms with Crippen LogP contribution in [0.15, 0.2) is 12.1 Å².